The van der Waals surface area contributed by atoms with E-state index in [0.29, 0.717) is 5.82 Å². The molecule has 294 valence electrons. The minimum Gasteiger partial charge on any atom is -0.309 e. The van der Waals surface area contributed by atoms with Gasteiger partial charge in [0.2, 0.25) is 0 Å². The van der Waals surface area contributed by atoms with E-state index in [2.05, 4.69) is 185 Å². The molecule has 0 aliphatic rings. The number of benzene rings is 8. The Morgan fingerprint density at radius 3 is 1.65 bits per heavy atom. The van der Waals surface area contributed by atoms with Gasteiger partial charge in [0.05, 0.1) is 38.0 Å². The van der Waals surface area contributed by atoms with Crippen LogP contribution in [0.15, 0.2) is 212 Å². The molecule has 0 fully saturated rings. The molecule has 0 N–H and O–H groups in total. The molecule has 0 aliphatic heterocycles. The lowest BCUT2D eigenvalue weighted by molar-refractivity contribution is 1.05. The Morgan fingerprint density at radius 2 is 0.921 bits per heavy atom. The highest BCUT2D eigenvalue weighted by Gasteiger charge is 2.19. The van der Waals surface area contributed by atoms with Crippen molar-refractivity contribution >= 4 is 75.3 Å². The molecule has 0 atom stereocenters. The molecular weight excluding hydrogens is 787 g/mol. The molecule has 63 heavy (non-hydrogen) atoms. The first-order chi connectivity index (χ1) is 31.2. The zero-order chi connectivity index (χ0) is 41.4. The van der Waals surface area contributed by atoms with Crippen molar-refractivity contribution in [3.8, 4) is 56.4 Å². The number of aromatic nitrogens is 5. The highest BCUT2D eigenvalue weighted by atomic mass is 32.1. The van der Waals surface area contributed by atoms with Crippen LogP contribution in [0.2, 0.25) is 0 Å². The number of thiophene rings is 1. The molecule has 0 spiro atoms. The first kappa shape index (κ1) is 35.6. The van der Waals surface area contributed by atoms with Crippen molar-refractivity contribution in [3.05, 3.63) is 212 Å². The molecule has 0 aliphatic carbocycles. The van der Waals surface area contributed by atoms with Gasteiger partial charge >= 0.3 is 0 Å². The highest BCUT2D eigenvalue weighted by molar-refractivity contribution is 7.25. The number of hydrogen-bond acceptors (Lipinski definition) is 4. The van der Waals surface area contributed by atoms with E-state index in [4.69, 9.17) is 15.0 Å². The van der Waals surface area contributed by atoms with Gasteiger partial charge in [-0.25, -0.2) is 9.97 Å². The molecule has 5 heterocycles. The molecule has 0 amide bonds. The first-order valence-electron chi connectivity index (χ1n) is 21.2. The number of rotatable bonds is 6. The second-order valence-electron chi connectivity index (χ2n) is 16.0. The lowest BCUT2D eigenvalue weighted by atomic mass is 10.0. The van der Waals surface area contributed by atoms with Gasteiger partial charge in [-0.2, -0.15) is 0 Å². The van der Waals surface area contributed by atoms with Gasteiger partial charge < -0.3 is 4.57 Å². The second kappa shape index (κ2) is 14.2. The molecule has 0 unspecified atom stereocenters. The lowest BCUT2D eigenvalue weighted by Gasteiger charge is -2.12. The predicted octanol–water partition coefficient (Wildman–Crippen LogP) is 15.1. The third-order valence-electron chi connectivity index (χ3n) is 12.4. The van der Waals surface area contributed by atoms with Crippen molar-refractivity contribution in [1.82, 2.24) is 24.1 Å². The van der Waals surface area contributed by atoms with Gasteiger partial charge in [0.15, 0.2) is 5.82 Å². The fraction of sp³-hybridized carbons (Fsp3) is 0. The normalized spacial score (nSPS) is 11.8. The van der Waals surface area contributed by atoms with Crippen LogP contribution in [0.25, 0.3) is 120 Å². The molecule has 0 radical (unpaired) electrons. The van der Waals surface area contributed by atoms with Crippen molar-refractivity contribution < 1.29 is 0 Å². The maximum atomic E-state index is 5.23. The van der Waals surface area contributed by atoms with Crippen molar-refractivity contribution in [2.24, 2.45) is 0 Å². The van der Waals surface area contributed by atoms with Gasteiger partial charge in [0.25, 0.3) is 0 Å². The van der Waals surface area contributed by atoms with Gasteiger partial charge in [0, 0.05) is 60.7 Å². The van der Waals surface area contributed by atoms with Gasteiger partial charge in [-0.05, 0) is 95.1 Å². The molecule has 13 aromatic rings. The molecular formula is C57H35N5S. The summed E-state index contributed by atoms with van der Waals surface area (Å²) >= 11 is 1.80. The SMILES string of the molecule is c1ccc(-c2cc(-n3c4ccccc4c4cc(-c5ccc6c(c5)c5ccccc5n6-c5cccc(-c6ccc7sc8cccnc8c7c6)c5)ccc43)nc(-c3ccccc3)n2)cc1. The topological polar surface area (TPSA) is 48.5 Å². The molecule has 0 bridgehead atoms. The van der Waals surface area contributed by atoms with Crippen LogP contribution in [0.1, 0.15) is 0 Å². The highest BCUT2D eigenvalue weighted by Crippen LogP contribution is 2.40. The van der Waals surface area contributed by atoms with Gasteiger partial charge in [-0.3, -0.25) is 9.55 Å². The van der Waals surface area contributed by atoms with Crippen LogP contribution < -0.4 is 0 Å². The summed E-state index contributed by atoms with van der Waals surface area (Å²) in [4.78, 5) is 15.0. The molecule has 13 rings (SSSR count). The van der Waals surface area contributed by atoms with Crippen LogP contribution in [0, 0.1) is 0 Å². The summed E-state index contributed by atoms with van der Waals surface area (Å²) in [5.41, 5.74) is 14.3. The fourth-order valence-electron chi connectivity index (χ4n) is 9.45. The summed E-state index contributed by atoms with van der Waals surface area (Å²) in [7, 11) is 0. The first-order valence-corrected chi connectivity index (χ1v) is 22.0. The molecule has 6 heteroatoms. The van der Waals surface area contributed by atoms with Crippen LogP contribution in [0.5, 0.6) is 0 Å². The molecule has 8 aromatic carbocycles. The van der Waals surface area contributed by atoms with Crippen LogP contribution in [0.3, 0.4) is 0 Å². The lowest BCUT2D eigenvalue weighted by Crippen LogP contribution is -2.02. The number of nitrogens with zero attached hydrogens (tertiary/aromatic N) is 5. The summed E-state index contributed by atoms with van der Waals surface area (Å²) in [5.74, 6) is 1.53. The van der Waals surface area contributed by atoms with Crippen LogP contribution in [-0.4, -0.2) is 24.1 Å². The molecule has 5 aromatic heterocycles. The van der Waals surface area contributed by atoms with Crippen LogP contribution >= 0.6 is 11.3 Å². The quantitative estimate of drug-likeness (QED) is 0.168. The average Bonchev–Trinajstić information content (AvgIpc) is 4.01. The van der Waals surface area contributed by atoms with Gasteiger partial charge in [-0.1, -0.05) is 127 Å². The standard InChI is InChI=1S/C57H35N5S/c1-3-13-36(14-4-1)48-35-55(60-57(59-48)37-15-5-2-6-16-37)62-50-22-10-8-20-44(50)46-33-40(25-28-52(46)62)39-24-27-51-45(32-39)43-19-7-9-21-49(43)61(51)42-18-11-17-38(31-42)41-26-29-53-47(34-41)56-54(63-53)23-12-30-58-56/h1-35H. The summed E-state index contributed by atoms with van der Waals surface area (Å²) < 4.78 is 7.17. The minimum atomic E-state index is 0.694. The Bertz CT molecular complexity index is 3860. The monoisotopic (exact) mass is 821 g/mol. The van der Waals surface area contributed by atoms with E-state index in [9.17, 15) is 0 Å². The van der Waals surface area contributed by atoms with E-state index >= 15 is 0 Å². The van der Waals surface area contributed by atoms with Crippen LogP contribution in [0.4, 0.5) is 0 Å². The summed E-state index contributed by atoms with van der Waals surface area (Å²) in [6.07, 6.45) is 1.89. The molecule has 0 saturated carbocycles. The molecule has 0 saturated heterocycles. The summed E-state index contributed by atoms with van der Waals surface area (Å²) in [6.45, 7) is 0. The Morgan fingerprint density at radius 1 is 0.349 bits per heavy atom. The van der Waals surface area contributed by atoms with E-state index in [-0.39, 0.29) is 0 Å². The Kier molecular flexibility index (Phi) is 8.01. The Hall–Kier alpha value is -8.19. The number of pyridine rings is 1. The number of fused-ring (bicyclic) bond motifs is 9. The Labute approximate surface area is 366 Å². The maximum absolute atomic E-state index is 5.23. The van der Waals surface area contributed by atoms with Gasteiger partial charge in [0.1, 0.15) is 5.82 Å². The van der Waals surface area contributed by atoms with E-state index in [0.717, 1.165) is 50.4 Å². The largest absolute Gasteiger partial charge is 0.309 e. The average molecular weight is 822 g/mol. The van der Waals surface area contributed by atoms with Crippen molar-refractivity contribution in [2.45, 2.75) is 0 Å². The minimum absolute atomic E-state index is 0.694. The number of hydrogen-bond donors (Lipinski definition) is 0. The van der Waals surface area contributed by atoms with Crippen molar-refractivity contribution in [3.63, 3.8) is 0 Å². The summed E-state index contributed by atoms with van der Waals surface area (Å²) in [6, 6.07) is 73.8. The Balaban J connectivity index is 0.938. The zero-order valence-corrected chi connectivity index (χ0v) is 34.7. The van der Waals surface area contributed by atoms with Crippen LogP contribution in [-0.2, 0) is 0 Å². The van der Waals surface area contributed by atoms with Crippen molar-refractivity contribution in [2.75, 3.05) is 0 Å². The summed E-state index contributed by atoms with van der Waals surface area (Å²) in [5, 5.41) is 6.00. The zero-order valence-electron chi connectivity index (χ0n) is 33.9. The number of para-hydroxylation sites is 2. The van der Waals surface area contributed by atoms with E-state index in [1.54, 1.807) is 11.3 Å². The van der Waals surface area contributed by atoms with E-state index < -0.39 is 0 Å². The predicted molar refractivity (Wildman–Crippen MR) is 263 cm³/mol. The van der Waals surface area contributed by atoms with Gasteiger partial charge in [-0.15, -0.1) is 11.3 Å². The molecule has 5 nitrogen and oxygen atoms in total. The fourth-order valence-corrected chi connectivity index (χ4v) is 10.5. The third kappa shape index (κ3) is 5.80. The van der Waals surface area contributed by atoms with E-state index in [1.165, 1.54) is 64.1 Å². The smallest absolute Gasteiger partial charge is 0.162 e. The van der Waals surface area contributed by atoms with Crippen molar-refractivity contribution in [1.29, 1.82) is 0 Å². The van der Waals surface area contributed by atoms with E-state index in [1.807, 2.05) is 36.5 Å². The second-order valence-corrected chi connectivity index (χ2v) is 17.1. The maximum Gasteiger partial charge on any atom is 0.162 e. The third-order valence-corrected chi connectivity index (χ3v) is 13.5.